The van der Waals surface area contributed by atoms with Crippen LogP contribution in [-0.2, 0) is 14.3 Å². The molecular weight excluding hydrogens is 496 g/mol. The molecule has 4 aliphatic rings. The number of fused-ring (bicyclic) bond motifs is 5. The van der Waals surface area contributed by atoms with Crippen LogP contribution >= 0.6 is 0 Å². The minimum Gasteiger partial charge on any atom is -0.462 e. The van der Waals surface area contributed by atoms with E-state index in [9.17, 15) is 30.0 Å². The fourth-order valence-electron chi connectivity index (χ4n) is 9.92. The topological polar surface area (TPSA) is 124 Å². The summed E-state index contributed by atoms with van der Waals surface area (Å²) in [4.78, 5) is 25.9. The Balaban J connectivity index is 1.77. The van der Waals surface area contributed by atoms with E-state index in [4.69, 9.17) is 4.74 Å². The van der Waals surface area contributed by atoms with Crippen molar-refractivity contribution in [2.45, 2.75) is 137 Å². The van der Waals surface area contributed by atoms with E-state index in [1.165, 1.54) is 12.5 Å². The smallest absolute Gasteiger partial charge is 0.302 e. The summed E-state index contributed by atoms with van der Waals surface area (Å²) in [6.07, 6.45) is 3.81. The number of hydrogen-bond donors (Lipinski definition) is 4. The van der Waals surface area contributed by atoms with E-state index >= 15 is 0 Å². The molecule has 4 aliphatic carbocycles. The largest absolute Gasteiger partial charge is 0.462 e. The van der Waals surface area contributed by atoms with Gasteiger partial charge >= 0.3 is 5.97 Å². The van der Waals surface area contributed by atoms with Crippen molar-refractivity contribution in [3.05, 3.63) is 11.6 Å². The predicted molar refractivity (Wildman–Crippen MR) is 148 cm³/mol. The lowest BCUT2D eigenvalue weighted by atomic mass is 9.38. The second-order valence-corrected chi connectivity index (χ2v) is 15.5. The monoisotopic (exact) mass is 548 g/mol. The highest BCUT2D eigenvalue weighted by Gasteiger charge is 2.73. The molecule has 4 N–H and O–H groups in total. The first-order valence-electron chi connectivity index (χ1n) is 14.8. The Bertz CT molecular complexity index is 1040. The number of hydrogen-bond acceptors (Lipinski definition) is 7. The van der Waals surface area contributed by atoms with Crippen LogP contribution in [0.15, 0.2) is 11.6 Å². The van der Waals surface area contributed by atoms with Gasteiger partial charge < -0.3 is 25.2 Å². The quantitative estimate of drug-likeness (QED) is 0.288. The Morgan fingerprint density at radius 3 is 2.21 bits per heavy atom. The number of ketones is 1. The molecule has 0 aromatic carbocycles. The van der Waals surface area contributed by atoms with Crippen molar-refractivity contribution in [3.63, 3.8) is 0 Å². The van der Waals surface area contributed by atoms with Gasteiger partial charge in [-0.25, -0.2) is 0 Å². The SMILES string of the molecule is CC(=O)OC1CC2(C)C3CC=C4C(CC(O)C(O)C4(C)C)C3(C)CCC2(C)C1C(C)(O)C(=O)CCC(C)(C)O. The molecule has 10 atom stereocenters. The molecule has 0 aliphatic heterocycles. The molecule has 0 bridgehead atoms. The van der Waals surface area contributed by atoms with Crippen LogP contribution in [0.25, 0.3) is 0 Å². The average molecular weight is 549 g/mol. The minimum atomic E-state index is -1.73. The fourth-order valence-corrected chi connectivity index (χ4v) is 9.92. The third-order valence-corrected chi connectivity index (χ3v) is 12.3. The Kier molecular flexibility index (Phi) is 7.37. The number of esters is 1. The first kappa shape index (κ1) is 30.7. The van der Waals surface area contributed by atoms with Gasteiger partial charge in [0.25, 0.3) is 0 Å². The molecule has 0 spiro atoms. The van der Waals surface area contributed by atoms with Crippen molar-refractivity contribution in [2.24, 2.45) is 39.4 Å². The van der Waals surface area contributed by atoms with Gasteiger partial charge in [-0.3, -0.25) is 9.59 Å². The molecular formula is C32H52O7. The van der Waals surface area contributed by atoms with Crippen molar-refractivity contribution in [3.8, 4) is 0 Å². The van der Waals surface area contributed by atoms with Gasteiger partial charge in [0.1, 0.15) is 11.7 Å². The molecule has 10 unspecified atom stereocenters. The Morgan fingerprint density at radius 1 is 1.03 bits per heavy atom. The van der Waals surface area contributed by atoms with Gasteiger partial charge in [0, 0.05) is 24.7 Å². The highest BCUT2D eigenvalue weighted by atomic mass is 16.5. The van der Waals surface area contributed by atoms with Crippen LogP contribution in [0.3, 0.4) is 0 Å². The van der Waals surface area contributed by atoms with Crippen LogP contribution in [0, 0.1) is 39.4 Å². The van der Waals surface area contributed by atoms with E-state index in [2.05, 4.69) is 26.8 Å². The lowest BCUT2D eigenvalue weighted by Gasteiger charge is -2.66. The Hall–Kier alpha value is -1.28. The molecule has 0 amide bonds. The molecule has 0 radical (unpaired) electrons. The molecule has 222 valence electrons. The van der Waals surface area contributed by atoms with Crippen LogP contribution in [-0.4, -0.2) is 61.7 Å². The number of Topliss-reactive ketones (excluding diaryl/α,β-unsaturated/α-hetero) is 1. The van der Waals surface area contributed by atoms with Crippen LogP contribution in [0.2, 0.25) is 0 Å². The Labute approximate surface area is 234 Å². The molecule has 0 aromatic rings. The maximum absolute atomic E-state index is 13.6. The summed E-state index contributed by atoms with van der Waals surface area (Å²) >= 11 is 0. The second-order valence-electron chi connectivity index (χ2n) is 15.5. The van der Waals surface area contributed by atoms with Gasteiger partial charge in [-0.1, -0.05) is 46.3 Å². The average Bonchev–Trinajstić information content (AvgIpc) is 3.02. The summed E-state index contributed by atoms with van der Waals surface area (Å²) in [7, 11) is 0. The van der Waals surface area contributed by atoms with Crippen LogP contribution < -0.4 is 0 Å². The van der Waals surface area contributed by atoms with E-state index in [1.807, 2.05) is 13.8 Å². The Morgan fingerprint density at radius 2 is 1.64 bits per heavy atom. The number of rotatable bonds is 6. The zero-order valence-electron chi connectivity index (χ0n) is 25.5. The summed E-state index contributed by atoms with van der Waals surface area (Å²) in [6, 6.07) is 0. The number of allylic oxidation sites excluding steroid dienone is 1. The van der Waals surface area contributed by atoms with Gasteiger partial charge in [-0.15, -0.1) is 0 Å². The highest BCUT2D eigenvalue weighted by molar-refractivity contribution is 5.87. The number of carbonyl (C=O) groups excluding carboxylic acids is 2. The van der Waals surface area contributed by atoms with Crippen molar-refractivity contribution in [2.75, 3.05) is 0 Å². The molecule has 39 heavy (non-hydrogen) atoms. The predicted octanol–water partition coefficient (Wildman–Crippen LogP) is 4.34. The highest BCUT2D eigenvalue weighted by Crippen LogP contribution is 2.75. The summed E-state index contributed by atoms with van der Waals surface area (Å²) in [5, 5.41) is 43.9. The van der Waals surface area contributed by atoms with Crippen molar-refractivity contribution in [1.29, 1.82) is 0 Å². The minimum absolute atomic E-state index is 0.0389. The normalized spacial score (nSPS) is 44.8. The van der Waals surface area contributed by atoms with Crippen LogP contribution in [0.1, 0.15) is 107 Å². The van der Waals surface area contributed by atoms with Crippen molar-refractivity contribution < 1.29 is 34.8 Å². The molecule has 3 saturated carbocycles. The second kappa shape index (κ2) is 9.37. The zero-order valence-corrected chi connectivity index (χ0v) is 25.5. The maximum Gasteiger partial charge on any atom is 0.302 e. The van der Waals surface area contributed by atoms with Crippen LogP contribution in [0.4, 0.5) is 0 Å². The number of aliphatic hydroxyl groups is 4. The fraction of sp³-hybridized carbons (Fsp3) is 0.875. The standard InChI is InChI=1S/C32H52O7/c1-18(33)39-22-17-31(8)23-11-10-19-20(16-21(34)26(36)28(19,4)5)29(23,6)14-15-30(31,7)25(22)32(9,38)24(35)12-13-27(2,3)37/h10,20-23,25-26,34,36-38H,11-17H2,1-9H3. The molecule has 7 heteroatoms. The van der Waals surface area contributed by atoms with Crippen molar-refractivity contribution in [1.82, 2.24) is 0 Å². The van der Waals surface area contributed by atoms with Gasteiger partial charge in [0.2, 0.25) is 0 Å². The number of ether oxygens (including phenoxy) is 1. The lowest BCUT2D eigenvalue weighted by molar-refractivity contribution is -0.185. The van der Waals surface area contributed by atoms with E-state index < -0.39 is 52.2 Å². The summed E-state index contributed by atoms with van der Waals surface area (Å²) in [5.41, 5.74) is -3.03. The number of aliphatic hydroxyl groups excluding tert-OH is 2. The number of carbonyl (C=O) groups is 2. The lowest BCUT2D eigenvalue weighted by Crippen LogP contribution is -2.62. The van der Waals surface area contributed by atoms with Gasteiger partial charge in [0.05, 0.1) is 17.8 Å². The summed E-state index contributed by atoms with van der Waals surface area (Å²) < 4.78 is 5.92. The molecule has 0 aromatic heterocycles. The molecule has 0 heterocycles. The third kappa shape index (κ3) is 4.54. The zero-order chi connectivity index (χ0) is 29.6. The molecule has 0 saturated heterocycles. The molecule has 7 nitrogen and oxygen atoms in total. The van der Waals surface area contributed by atoms with Crippen LogP contribution in [0.5, 0.6) is 0 Å². The van der Waals surface area contributed by atoms with Gasteiger partial charge in [-0.05, 0) is 87.4 Å². The molecule has 4 rings (SSSR count). The van der Waals surface area contributed by atoms with E-state index in [-0.39, 0.29) is 41.3 Å². The van der Waals surface area contributed by atoms with Crippen molar-refractivity contribution >= 4 is 11.8 Å². The third-order valence-electron chi connectivity index (χ3n) is 12.3. The van der Waals surface area contributed by atoms with Gasteiger partial charge in [0.15, 0.2) is 5.78 Å². The first-order valence-corrected chi connectivity index (χ1v) is 14.8. The summed E-state index contributed by atoms with van der Waals surface area (Å²) in [5.74, 6) is -1.04. The maximum atomic E-state index is 13.6. The molecule has 3 fully saturated rings. The first-order chi connectivity index (χ1) is 17.6. The van der Waals surface area contributed by atoms with Gasteiger partial charge in [-0.2, -0.15) is 0 Å². The summed E-state index contributed by atoms with van der Waals surface area (Å²) in [6.45, 7) is 17.0. The van der Waals surface area contributed by atoms with E-state index in [0.29, 0.717) is 12.8 Å². The van der Waals surface area contributed by atoms with E-state index in [1.54, 1.807) is 20.8 Å². The van der Waals surface area contributed by atoms with E-state index in [0.717, 1.165) is 19.3 Å².